The van der Waals surface area contributed by atoms with Gasteiger partial charge in [-0.05, 0) is 43.5 Å². The van der Waals surface area contributed by atoms with Gasteiger partial charge in [-0.15, -0.1) is 0 Å². The Balaban J connectivity index is 1.79. The van der Waals surface area contributed by atoms with Crippen LogP contribution in [0.1, 0.15) is 29.9 Å². The van der Waals surface area contributed by atoms with Crippen molar-refractivity contribution < 1.29 is 17.8 Å². The zero-order chi connectivity index (χ0) is 24.2. The van der Waals surface area contributed by atoms with Crippen molar-refractivity contribution >= 4 is 34.4 Å². The van der Waals surface area contributed by atoms with Crippen LogP contribution < -0.4 is 11.1 Å². The van der Waals surface area contributed by atoms with Gasteiger partial charge in [0.05, 0.1) is 16.8 Å². The van der Waals surface area contributed by atoms with Gasteiger partial charge < -0.3 is 15.6 Å². The Labute approximate surface area is 194 Å². The maximum absolute atomic E-state index is 12.8. The van der Waals surface area contributed by atoms with Crippen molar-refractivity contribution in [2.75, 3.05) is 28.9 Å². The summed E-state index contributed by atoms with van der Waals surface area (Å²) in [5.74, 6) is -0.580. The first-order chi connectivity index (χ1) is 15.6. The van der Waals surface area contributed by atoms with Gasteiger partial charge in [0.1, 0.15) is 12.6 Å². The molecule has 1 amide bonds. The maximum Gasteiger partial charge on any atom is 0.278 e. The minimum Gasteiger partial charge on any atom is -0.382 e. The molecule has 0 atom stereocenters. The van der Waals surface area contributed by atoms with Gasteiger partial charge in [-0.25, -0.2) is 18.4 Å². The van der Waals surface area contributed by atoms with Gasteiger partial charge in [0.2, 0.25) is 0 Å². The zero-order valence-electron chi connectivity index (χ0n) is 18.8. The van der Waals surface area contributed by atoms with Crippen LogP contribution in [0.2, 0.25) is 0 Å². The highest BCUT2D eigenvalue weighted by atomic mass is 32.2. The predicted molar refractivity (Wildman–Crippen MR) is 132 cm³/mol. The first-order valence-electron chi connectivity index (χ1n) is 10.5. The number of nitrogens with two attached hydrogens (primary N) is 1. The number of amides is 1. The minimum absolute atomic E-state index is 0.0163. The van der Waals surface area contributed by atoms with Gasteiger partial charge in [-0.3, -0.25) is 4.79 Å². The Morgan fingerprint density at radius 1 is 1.03 bits per heavy atom. The summed E-state index contributed by atoms with van der Waals surface area (Å²) in [6.07, 6.45) is 2.17. The van der Waals surface area contributed by atoms with E-state index < -0.39 is 22.9 Å². The molecule has 0 radical (unpaired) electrons. The normalized spacial score (nSPS) is 11.8. The number of carbonyl (C=O) groups is 1. The minimum atomic E-state index is -3.70. The second-order valence-corrected chi connectivity index (χ2v) is 13.9. The highest BCUT2D eigenvalue weighted by Gasteiger charge is 2.27. The van der Waals surface area contributed by atoms with Crippen LogP contribution in [0, 0.1) is 6.92 Å². The number of nitrogens with zero attached hydrogens (tertiary/aromatic N) is 2. The Kier molecular flexibility index (Phi) is 7.34. The molecule has 0 aliphatic rings. The molecule has 1 heterocycles. The van der Waals surface area contributed by atoms with Crippen LogP contribution in [-0.2, 0) is 14.4 Å². The zero-order valence-corrected chi connectivity index (χ0v) is 20.5. The number of sulfone groups is 1. The lowest BCUT2D eigenvalue weighted by atomic mass is 10.1. The molecule has 0 saturated heterocycles. The first-order valence-corrected chi connectivity index (χ1v) is 14.4. The number of nitrogens with one attached hydrogen (secondary N) is 1. The van der Waals surface area contributed by atoms with Crippen LogP contribution in [-0.4, -0.2) is 42.1 Å². The molecule has 3 N–H and O–H groups in total. The van der Waals surface area contributed by atoms with E-state index in [0.717, 1.165) is 11.1 Å². The molecule has 0 spiro atoms. The molecule has 0 unspecified atom stereocenters. The summed E-state index contributed by atoms with van der Waals surface area (Å²) in [5.41, 5.74) is 8.25. The SMILES string of the molecule is CCP(=O)(CC)CS(=O)(=O)c1ccc(NC(=O)c2nc(-c3ccc(C)cc3)cnc2N)cc1. The Bertz CT molecular complexity index is 1300. The van der Waals surface area contributed by atoms with E-state index in [9.17, 15) is 17.8 Å². The highest BCUT2D eigenvalue weighted by molar-refractivity contribution is 7.99. The predicted octanol–water partition coefficient (Wildman–Crippen LogP) is 4.42. The average Bonchev–Trinajstić information content (AvgIpc) is 2.80. The van der Waals surface area contributed by atoms with E-state index in [1.807, 2.05) is 31.2 Å². The van der Waals surface area contributed by atoms with Gasteiger partial charge in [0, 0.05) is 11.3 Å². The molecule has 3 rings (SSSR count). The van der Waals surface area contributed by atoms with Crippen LogP contribution in [0.5, 0.6) is 0 Å². The lowest BCUT2D eigenvalue weighted by molar-refractivity contribution is 0.102. The molecule has 33 heavy (non-hydrogen) atoms. The van der Waals surface area contributed by atoms with Crippen molar-refractivity contribution in [1.82, 2.24) is 9.97 Å². The smallest absolute Gasteiger partial charge is 0.278 e. The average molecular weight is 487 g/mol. The number of nitrogen functional groups attached to an aromatic ring is 1. The molecular formula is C23H27N4O4PS. The summed E-state index contributed by atoms with van der Waals surface area (Å²) in [7, 11) is -6.47. The molecule has 10 heteroatoms. The molecule has 0 aliphatic carbocycles. The van der Waals surface area contributed by atoms with Gasteiger partial charge in [0.15, 0.2) is 21.3 Å². The summed E-state index contributed by atoms with van der Waals surface area (Å²) in [6.45, 7) is 5.45. The number of benzene rings is 2. The largest absolute Gasteiger partial charge is 0.382 e. The van der Waals surface area contributed by atoms with E-state index in [-0.39, 0.29) is 21.9 Å². The lowest BCUT2D eigenvalue weighted by Gasteiger charge is -2.14. The fourth-order valence-electron chi connectivity index (χ4n) is 3.16. The standard InChI is InChI=1S/C23H27N4O4PS/c1-4-32(29,5-2)15-33(30,31)19-12-10-18(11-13-19)26-23(28)21-22(24)25-14-20(27-21)17-8-6-16(3)7-9-17/h6-14H,4-5,15H2,1-3H3,(H2,24,25)(H,26,28). The van der Waals surface area contributed by atoms with E-state index >= 15 is 0 Å². The van der Waals surface area contributed by atoms with Crippen LogP contribution in [0.25, 0.3) is 11.3 Å². The Hall–Kier alpha value is -3.03. The first kappa shape index (κ1) is 24.6. The van der Waals surface area contributed by atoms with Crippen molar-refractivity contribution in [3.63, 3.8) is 0 Å². The van der Waals surface area contributed by atoms with Gasteiger partial charge >= 0.3 is 0 Å². The van der Waals surface area contributed by atoms with Crippen molar-refractivity contribution in [2.24, 2.45) is 0 Å². The molecule has 0 saturated carbocycles. The molecule has 8 nitrogen and oxygen atoms in total. The number of anilines is 2. The topological polar surface area (TPSA) is 132 Å². The molecule has 1 aromatic heterocycles. The number of aromatic nitrogens is 2. The third kappa shape index (κ3) is 5.86. The van der Waals surface area contributed by atoms with Crippen LogP contribution in [0.4, 0.5) is 11.5 Å². The number of carbonyl (C=O) groups excluding carboxylic acids is 1. The van der Waals surface area contributed by atoms with Crippen molar-refractivity contribution in [3.05, 3.63) is 66.0 Å². The Morgan fingerprint density at radius 2 is 1.64 bits per heavy atom. The fourth-order valence-corrected chi connectivity index (χ4v) is 8.69. The summed E-state index contributed by atoms with van der Waals surface area (Å²) in [6, 6.07) is 13.3. The third-order valence-corrected chi connectivity index (χ3v) is 11.9. The van der Waals surface area contributed by atoms with Crippen LogP contribution >= 0.6 is 7.14 Å². The summed E-state index contributed by atoms with van der Waals surface area (Å²) < 4.78 is 38.0. The van der Waals surface area contributed by atoms with Crippen molar-refractivity contribution in [3.8, 4) is 11.3 Å². The van der Waals surface area contributed by atoms with Gasteiger partial charge in [-0.2, -0.15) is 0 Å². The number of hydrogen-bond donors (Lipinski definition) is 2. The molecule has 0 fully saturated rings. The summed E-state index contributed by atoms with van der Waals surface area (Å²) >= 11 is 0. The van der Waals surface area contributed by atoms with Crippen molar-refractivity contribution in [1.29, 1.82) is 0 Å². The molecule has 2 aromatic carbocycles. The van der Waals surface area contributed by atoms with Crippen molar-refractivity contribution in [2.45, 2.75) is 25.7 Å². The third-order valence-electron chi connectivity index (χ3n) is 5.39. The van der Waals surface area contributed by atoms with E-state index in [1.165, 1.54) is 30.5 Å². The van der Waals surface area contributed by atoms with E-state index in [1.54, 1.807) is 13.8 Å². The molecule has 3 aromatic rings. The molecule has 0 aliphatic heterocycles. The second kappa shape index (κ2) is 9.85. The maximum atomic E-state index is 12.8. The summed E-state index contributed by atoms with van der Waals surface area (Å²) in [5, 5.41) is 2.67. The lowest BCUT2D eigenvalue weighted by Crippen LogP contribution is -2.17. The second-order valence-electron chi connectivity index (χ2n) is 7.77. The van der Waals surface area contributed by atoms with Gasteiger partial charge in [-0.1, -0.05) is 43.7 Å². The summed E-state index contributed by atoms with van der Waals surface area (Å²) in [4.78, 5) is 21.3. The van der Waals surface area contributed by atoms with Crippen LogP contribution in [0.3, 0.4) is 0 Å². The monoisotopic (exact) mass is 486 g/mol. The molecule has 174 valence electrons. The quantitative estimate of drug-likeness (QED) is 0.450. The number of hydrogen-bond acceptors (Lipinski definition) is 7. The Morgan fingerprint density at radius 3 is 2.21 bits per heavy atom. The van der Waals surface area contributed by atoms with E-state index in [2.05, 4.69) is 15.3 Å². The fraction of sp³-hybridized carbons (Fsp3) is 0.261. The molecule has 0 bridgehead atoms. The highest BCUT2D eigenvalue weighted by Crippen LogP contribution is 2.46. The van der Waals surface area contributed by atoms with E-state index in [0.29, 0.717) is 23.7 Å². The van der Waals surface area contributed by atoms with Crippen LogP contribution in [0.15, 0.2) is 59.6 Å². The van der Waals surface area contributed by atoms with Gasteiger partial charge in [0.25, 0.3) is 5.91 Å². The number of rotatable bonds is 8. The number of aryl methyl sites for hydroxylation is 1. The molecular weight excluding hydrogens is 459 g/mol. The van der Waals surface area contributed by atoms with E-state index in [4.69, 9.17) is 5.73 Å².